The average molecular weight is 1420 g/mol. The number of aliphatic hydroxyl groups is 4. The van der Waals surface area contributed by atoms with Crippen LogP contribution in [0.2, 0.25) is 0 Å². The molecule has 16 atom stereocenters. The van der Waals surface area contributed by atoms with Gasteiger partial charge in [0.15, 0.2) is 0 Å². The molecule has 32 nitrogen and oxygen atoms in total. The first kappa shape index (κ1) is 87.7. The van der Waals surface area contributed by atoms with Gasteiger partial charge in [0, 0.05) is 48.7 Å². The van der Waals surface area contributed by atoms with Crippen molar-refractivity contribution < 1.29 is 87.5 Å². The molecule has 2 rings (SSSR count). The van der Waals surface area contributed by atoms with E-state index >= 15 is 0 Å². The Morgan fingerprint density at radius 1 is 0.390 bits per heavy atom. The number of rotatable bonds is 14. The van der Waals surface area contributed by atoms with Crippen molar-refractivity contribution in [2.45, 2.75) is 208 Å². The van der Waals surface area contributed by atoms with Crippen molar-refractivity contribution >= 4 is 82.7 Å². The summed E-state index contributed by atoms with van der Waals surface area (Å²) in [5.41, 5.74) is 0.575. The molecule has 0 spiro atoms. The van der Waals surface area contributed by atoms with E-state index in [0.29, 0.717) is 12.0 Å². The highest BCUT2D eigenvalue weighted by Gasteiger charge is 2.45. The molecule has 1 aromatic rings. The highest BCUT2D eigenvalue weighted by molar-refractivity contribution is 6.00. The smallest absolute Gasteiger partial charge is 0.248 e. The van der Waals surface area contributed by atoms with E-state index in [1.165, 1.54) is 63.1 Å². The monoisotopic (exact) mass is 1410 g/mol. The van der Waals surface area contributed by atoms with E-state index in [4.69, 9.17) is 0 Å². The number of nitrogens with one attached hydrogen (secondary N) is 8. The van der Waals surface area contributed by atoms with Gasteiger partial charge in [0.2, 0.25) is 82.7 Å². The number of hydrogen-bond donors (Lipinski definition) is 12. The number of amides is 14. The average Bonchev–Trinajstić information content (AvgIpc) is 0.824. The second-order valence-electron chi connectivity index (χ2n) is 27.6. The number of carbonyl (C=O) groups is 14. The molecule has 0 radical (unpaired) electrons. The SMILES string of the molecule is CC[C@@H](C)[C@H]1C(=O)N[C@@H](CO)C(=O)N[C@@H](C(C)C)C(=O)N(C)[C@H](Cc2ccccc2)C(=O)NCC(=O)N[C@@H](C(C)C)C(=O)N(C)[C@@H]([C@H](C)O)C(=O)N[C@@H](C(C)C)C(=O)N(C)[C@@H]([C@H](C)O)C(=O)N[C@@H](C(C)C)C(=O)N(C)[C@H](C)C(=O)NCC(=O)N[C@@H]([C@@H](C)CC)C(=O)N(C)[C@@H](CO)C(=O)N1C. The molecule has 0 aromatic heterocycles. The highest BCUT2D eigenvalue weighted by Crippen LogP contribution is 2.22. The molecule has 564 valence electrons. The number of carbonyl (C=O) groups excluding carboxylic acids is 14. The first-order valence-corrected chi connectivity index (χ1v) is 34.1. The molecule has 0 unspecified atom stereocenters. The molecule has 12 N–H and O–H groups in total. The fraction of sp³-hybridized carbons (Fsp3) is 0.706. The Bertz CT molecular complexity index is 3010. The molecule has 1 aliphatic heterocycles. The van der Waals surface area contributed by atoms with Gasteiger partial charge in [-0.05, 0) is 61.8 Å². The molecule has 1 aliphatic rings. The number of hydrogen-bond acceptors (Lipinski definition) is 18. The van der Waals surface area contributed by atoms with Crippen LogP contribution < -0.4 is 42.5 Å². The van der Waals surface area contributed by atoms with Crippen molar-refractivity contribution in [3.8, 4) is 0 Å². The number of likely N-dealkylation sites (N-methyl/N-ethyl adjacent to an activating group) is 6. The third kappa shape index (κ3) is 23.4. The van der Waals surface area contributed by atoms with Crippen LogP contribution in [0.1, 0.15) is 122 Å². The lowest BCUT2D eigenvalue weighted by molar-refractivity contribution is -0.152. The summed E-state index contributed by atoms with van der Waals surface area (Å²) in [6, 6.07) is -9.55. The maximum atomic E-state index is 14.7. The summed E-state index contributed by atoms with van der Waals surface area (Å²) in [7, 11) is 7.38. The lowest BCUT2D eigenvalue weighted by Gasteiger charge is -2.38. The molecule has 1 fully saturated rings. The zero-order valence-corrected chi connectivity index (χ0v) is 62.1. The molecular formula is C68H114N14O18. The second kappa shape index (κ2) is 40.2. The summed E-state index contributed by atoms with van der Waals surface area (Å²) in [6.45, 7) is 19.6. The predicted molar refractivity (Wildman–Crippen MR) is 369 cm³/mol. The van der Waals surface area contributed by atoms with Gasteiger partial charge in [-0.15, -0.1) is 0 Å². The van der Waals surface area contributed by atoms with E-state index in [1.807, 2.05) is 0 Å². The maximum absolute atomic E-state index is 14.7. The fourth-order valence-electron chi connectivity index (χ4n) is 11.5. The Kier molecular flexibility index (Phi) is 35.2. The summed E-state index contributed by atoms with van der Waals surface area (Å²) in [4.78, 5) is 206. The van der Waals surface area contributed by atoms with E-state index in [2.05, 4.69) is 42.5 Å². The summed E-state index contributed by atoms with van der Waals surface area (Å²) in [5, 5.41) is 64.1. The molecule has 1 heterocycles. The Morgan fingerprint density at radius 3 is 1.14 bits per heavy atom. The van der Waals surface area contributed by atoms with Crippen LogP contribution in [0.25, 0.3) is 0 Å². The van der Waals surface area contributed by atoms with Crippen LogP contribution in [0, 0.1) is 35.5 Å². The quantitative estimate of drug-likeness (QED) is 0.0874. The summed E-state index contributed by atoms with van der Waals surface area (Å²) in [5.74, 6) is -16.9. The first-order chi connectivity index (χ1) is 46.5. The molecule has 100 heavy (non-hydrogen) atoms. The Balaban J connectivity index is 2.87. The lowest BCUT2D eigenvalue weighted by atomic mass is 9.95. The summed E-state index contributed by atoms with van der Waals surface area (Å²) >= 11 is 0. The standard InChI is InChI=1S/C68H114N14O18/c1-22-38(11)53-68(100)79(18)46(33-84)63(95)80(19)54(39(12)23-2)60(92)71-44(32-83)58(90)74-51(36(7)8)65(97)78(17)45(29-43-27-25-24-26-28-43)59(91)70-31-47(87)72-49(34(3)4)66(98)81(20)55(41(14)85)62(94)76-52(37(9)10)67(99)82(21)56(42(15)86)61(93)75-50(35(5)6)64(96)77(16)40(13)57(89)69-30-48(88)73-53/h24-28,34-42,44-46,49-56,83-86H,22-23,29-33H2,1-21H3,(H,69,89)(H,70,91)(H,71,92)(H,72,87)(H,73,88)(H,74,90)(H,75,93)(H,76,94)/t38-,39+,40+,41-,42-,44-,45+,46-,49-,50-,51-,52-,53-,54-,55-,56-/m0/s1. The van der Waals surface area contributed by atoms with Crippen molar-refractivity contribution in [3.63, 3.8) is 0 Å². The normalized spacial score (nSPS) is 27.4. The van der Waals surface area contributed by atoms with E-state index < -0.39 is 229 Å². The van der Waals surface area contributed by atoms with E-state index in [9.17, 15) is 87.5 Å². The molecule has 0 saturated carbocycles. The first-order valence-electron chi connectivity index (χ1n) is 34.1. The van der Waals surface area contributed by atoms with Gasteiger partial charge in [-0.2, -0.15) is 0 Å². The number of benzene rings is 1. The molecule has 14 amide bonds. The summed E-state index contributed by atoms with van der Waals surface area (Å²) in [6.07, 6.45) is -2.80. The number of aliphatic hydroxyl groups excluding tert-OH is 4. The van der Waals surface area contributed by atoms with Crippen molar-refractivity contribution in [3.05, 3.63) is 35.9 Å². The highest BCUT2D eigenvalue weighted by atomic mass is 16.3. The Morgan fingerprint density at radius 2 is 0.740 bits per heavy atom. The minimum atomic E-state index is -1.75. The van der Waals surface area contributed by atoms with Crippen molar-refractivity contribution in [2.24, 2.45) is 35.5 Å². The van der Waals surface area contributed by atoms with Crippen LogP contribution in [0.15, 0.2) is 30.3 Å². The molecule has 0 bridgehead atoms. The van der Waals surface area contributed by atoms with Crippen molar-refractivity contribution in [1.82, 2.24) is 71.9 Å². The van der Waals surface area contributed by atoms with Crippen LogP contribution in [0.4, 0.5) is 0 Å². The fourth-order valence-corrected chi connectivity index (χ4v) is 11.5. The van der Waals surface area contributed by atoms with E-state index in [1.54, 1.807) is 113 Å². The van der Waals surface area contributed by atoms with Gasteiger partial charge in [0.05, 0.1) is 38.5 Å². The van der Waals surface area contributed by atoms with Crippen LogP contribution >= 0.6 is 0 Å². The molecular weight excluding hydrogens is 1300 g/mol. The van der Waals surface area contributed by atoms with Gasteiger partial charge in [0.25, 0.3) is 0 Å². The van der Waals surface area contributed by atoms with Gasteiger partial charge >= 0.3 is 0 Å². The van der Waals surface area contributed by atoms with Crippen molar-refractivity contribution in [2.75, 3.05) is 68.6 Å². The van der Waals surface area contributed by atoms with Gasteiger partial charge < -0.3 is 92.4 Å². The third-order valence-corrected chi connectivity index (χ3v) is 18.6. The van der Waals surface area contributed by atoms with Gasteiger partial charge in [-0.25, -0.2) is 0 Å². The number of nitrogens with zero attached hydrogens (tertiary/aromatic N) is 6. The van der Waals surface area contributed by atoms with Gasteiger partial charge in [-0.1, -0.05) is 126 Å². The van der Waals surface area contributed by atoms with Crippen molar-refractivity contribution in [1.29, 1.82) is 0 Å². The van der Waals surface area contributed by atoms with Crippen LogP contribution in [0.5, 0.6) is 0 Å². The van der Waals surface area contributed by atoms with E-state index in [-0.39, 0.29) is 12.8 Å². The zero-order valence-electron chi connectivity index (χ0n) is 62.1. The van der Waals surface area contributed by atoms with Crippen LogP contribution in [0.3, 0.4) is 0 Å². The Hall–Kier alpha value is -8.36. The Labute approximate surface area is 587 Å². The van der Waals surface area contributed by atoms with Crippen LogP contribution in [-0.4, -0.2) is 286 Å². The molecule has 1 saturated heterocycles. The molecule has 32 heteroatoms. The predicted octanol–water partition coefficient (Wildman–Crippen LogP) is -3.17. The zero-order chi connectivity index (χ0) is 76.8. The summed E-state index contributed by atoms with van der Waals surface area (Å²) < 4.78 is 0. The van der Waals surface area contributed by atoms with Gasteiger partial charge in [0.1, 0.15) is 72.5 Å². The lowest BCUT2D eigenvalue weighted by Crippen LogP contribution is -2.64. The maximum Gasteiger partial charge on any atom is 0.248 e. The minimum Gasteiger partial charge on any atom is -0.394 e. The molecule has 1 aromatic carbocycles. The minimum absolute atomic E-state index is 0.125. The third-order valence-electron chi connectivity index (χ3n) is 18.6. The largest absolute Gasteiger partial charge is 0.394 e. The second-order valence-corrected chi connectivity index (χ2v) is 27.6. The van der Waals surface area contributed by atoms with Gasteiger partial charge in [-0.3, -0.25) is 67.1 Å². The van der Waals surface area contributed by atoms with Crippen LogP contribution in [-0.2, 0) is 73.5 Å². The topological polar surface area (TPSA) is 436 Å². The molecule has 0 aliphatic carbocycles. The van der Waals surface area contributed by atoms with E-state index in [0.717, 1.165) is 29.4 Å².